The van der Waals surface area contributed by atoms with E-state index in [0.29, 0.717) is 11.4 Å². The number of anilines is 1. The molecule has 1 saturated carbocycles. The highest BCUT2D eigenvalue weighted by atomic mass is 16.5. The van der Waals surface area contributed by atoms with E-state index in [1.165, 1.54) is 10.5 Å². The molecule has 0 radical (unpaired) electrons. The summed E-state index contributed by atoms with van der Waals surface area (Å²) >= 11 is 0. The first-order valence-electron chi connectivity index (χ1n) is 9.45. The molecule has 2 aromatic rings. The molecule has 1 heterocycles. The number of carbonyl (C=O) groups is 2. The van der Waals surface area contributed by atoms with Gasteiger partial charge in [-0.2, -0.15) is 0 Å². The average molecular weight is 359 g/mol. The summed E-state index contributed by atoms with van der Waals surface area (Å²) in [6.45, 7) is 4.08. The number of benzene rings is 2. The molecule has 2 bridgehead atoms. The van der Waals surface area contributed by atoms with Crippen molar-refractivity contribution >= 4 is 17.5 Å². The Hall–Kier alpha value is -2.88. The second-order valence-electron chi connectivity index (χ2n) is 7.81. The summed E-state index contributed by atoms with van der Waals surface area (Å²) in [7, 11) is 0. The van der Waals surface area contributed by atoms with E-state index >= 15 is 0 Å². The number of amides is 2. The molecule has 4 heteroatoms. The Kier molecular flexibility index (Phi) is 3.51. The van der Waals surface area contributed by atoms with Gasteiger partial charge < -0.3 is 4.74 Å². The fraction of sp³-hybridized carbons (Fsp3) is 0.304. The summed E-state index contributed by atoms with van der Waals surface area (Å²) in [5.41, 5.74) is 2.90. The largest absolute Gasteiger partial charge is 0.457 e. The first kappa shape index (κ1) is 16.3. The van der Waals surface area contributed by atoms with Crippen LogP contribution in [0.1, 0.15) is 17.5 Å². The maximum atomic E-state index is 12.9. The van der Waals surface area contributed by atoms with Crippen LogP contribution in [0.2, 0.25) is 0 Å². The molecular weight excluding hydrogens is 338 g/mol. The van der Waals surface area contributed by atoms with Crippen molar-refractivity contribution in [2.24, 2.45) is 23.7 Å². The van der Waals surface area contributed by atoms with Gasteiger partial charge in [0.15, 0.2) is 0 Å². The van der Waals surface area contributed by atoms with Crippen LogP contribution in [0.4, 0.5) is 5.69 Å². The lowest BCUT2D eigenvalue weighted by Gasteiger charge is -2.18. The maximum absolute atomic E-state index is 12.9. The molecule has 0 spiro atoms. The third kappa shape index (κ3) is 2.36. The summed E-state index contributed by atoms with van der Waals surface area (Å²) < 4.78 is 5.98. The highest BCUT2D eigenvalue weighted by Crippen LogP contribution is 2.53. The molecule has 1 aliphatic heterocycles. The quantitative estimate of drug-likeness (QED) is 0.602. The summed E-state index contributed by atoms with van der Waals surface area (Å²) in [5.74, 6) is 1.52. The van der Waals surface area contributed by atoms with Gasteiger partial charge in [0.2, 0.25) is 11.8 Å². The van der Waals surface area contributed by atoms with Crippen LogP contribution in [-0.4, -0.2) is 11.8 Å². The van der Waals surface area contributed by atoms with Gasteiger partial charge in [-0.05, 0) is 73.6 Å². The van der Waals surface area contributed by atoms with E-state index in [2.05, 4.69) is 25.1 Å². The molecule has 2 fully saturated rings. The number of nitrogens with zero attached hydrogens (tertiary/aromatic N) is 1. The predicted octanol–water partition coefficient (Wildman–Crippen LogP) is 4.41. The minimum atomic E-state index is -0.168. The van der Waals surface area contributed by atoms with Crippen LogP contribution in [0.15, 0.2) is 54.6 Å². The van der Waals surface area contributed by atoms with Gasteiger partial charge in [0.25, 0.3) is 0 Å². The number of hydrogen-bond donors (Lipinski definition) is 0. The minimum Gasteiger partial charge on any atom is -0.457 e. The Balaban J connectivity index is 1.39. The normalized spacial score (nSPS) is 28.1. The van der Waals surface area contributed by atoms with Crippen LogP contribution >= 0.6 is 0 Å². The molecule has 2 aliphatic carbocycles. The second kappa shape index (κ2) is 5.81. The second-order valence-corrected chi connectivity index (χ2v) is 7.81. The van der Waals surface area contributed by atoms with Gasteiger partial charge >= 0.3 is 0 Å². The third-order valence-electron chi connectivity index (χ3n) is 6.35. The number of carbonyl (C=O) groups excluding carboxylic acids is 2. The molecule has 27 heavy (non-hydrogen) atoms. The molecule has 0 unspecified atom stereocenters. The number of rotatable bonds is 3. The lowest BCUT2D eigenvalue weighted by Crippen LogP contribution is -2.32. The minimum absolute atomic E-state index is 0.0509. The number of ether oxygens (including phenoxy) is 1. The fourth-order valence-corrected chi connectivity index (χ4v) is 4.78. The van der Waals surface area contributed by atoms with Gasteiger partial charge in [0, 0.05) is 0 Å². The van der Waals surface area contributed by atoms with Crippen LogP contribution in [0.3, 0.4) is 0 Å². The zero-order valence-corrected chi connectivity index (χ0v) is 15.4. The highest BCUT2D eigenvalue weighted by Gasteiger charge is 2.59. The SMILES string of the molecule is Cc1cccc(Oc2ccc(N3C(=O)[C@@H]4[C@@H](C3=O)[C@H]3C=C[C@H]4C3)cc2)c1C. The van der Waals surface area contributed by atoms with Crippen molar-refractivity contribution in [1.29, 1.82) is 0 Å². The van der Waals surface area contributed by atoms with E-state index < -0.39 is 0 Å². The Morgan fingerprint density at radius 3 is 2.15 bits per heavy atom. The number of allylic oxidation sites excluding steroid dienone is 2. The van der Waals surface area contributed by atoms with Crippen LogP contribution in [0.5, 0.6) is 11.5 Å². The summed E-state index contributed by atoms with van der Waals surface area (Å²) in [5, 5.41) is 0. The van der Waals surface area contributed by atoms with Crippen LogP contribution in [-0.2, 0) is 9.59 Å². The van der Waals surface area contributed by atoms with E-state index in [0.717, 1.165) is 17.7 Å². The molecule has 136 valence electrons. The van der Waals surface area contributed by atoms with Crippen molar-refractivity contribution in [2.75, 3.05) is 4.90 Å². The van der Waals surface area contributed by atoms with Gasteiger partial charge in [0.1, 0.15) is 11.5 Å². The van der Waals surface area contributed by atoms with Gasteiger partial charge in [-0.1, -0.05) is 24.3 Å². The van der Waals surface area contributed by atoms with Gasteiger partial charge in [-0.3, -0.25) is 14.5 Å². The van der Waals surface area contributed by atoms with Crippen LogP contribution in [0.25, 0.3) is 0 Å². The Bertz CT molecular complexity index is 946. The van der Waals surface area contributed by atoms with Crippen molar-refractivity contribution in [3.8, 4) is 11.5 Å². The van der Waals surface area contributed by atoms with E-state index in [9.17, 15) is 9.59 Å². The first-order valence-corrected chi connectivity index (χ1v) is 9.45. The number of fused-ring (bicyclic) bond motifs is 5. The molecule has 3 aliphatic rings. The summed E-state index contributed by atoms with van der Waals surface area (Å²) in [6.07, 6.45) is 5.17. The van der Waals surface area contributed by atoms with E-state index in [4.69, 9.17) is 4.74 Å². The number of imide groups is 1. The molecule has 0 N–H and O–H groups in total. The van der Waals surface area contributed by atoms with Crippen molar-refractivity contribution in [2.45, 2.75) is 20.3 Å². The zero-order chi connectivity index (χ0) is 18.7. The van der Waals surface area contributed by atoms with Gasteiger partial charge in [-0.25, -0.2) is 0 Å². The summed E-state index contributed by atoms with van der Waals surface area (Å²) in [4.78, 5) is 27.1. The molecule has 0 aromatic heterocycles. The average Bonchev–Trinajstić information content (AvgIpc) is 3.34. The first-order chi connectivity index (χ1) is 13.0. The van der Waals surface area contributed by atoms with Crippen LogP contribution in [0, 0.1) is 37.5 Å². The lowest BCUT2D eigenvalue weighted by atomic mass is 9.85. The molecule has 1 saturated heterocycles. The molecule has 4 nitrogen and oxygen atoms in total. The van der Waals surface area contributed by atoms with Crippen molar-refractivity contribution in [3.63, 3.8) is 0 Å². The summed E-state index contributed by atoms with van der Waals surface area (Å²) in [6, 6.07) is 13.2. The fourth-order valence-electron chi connectivity index (χ4n) is 4.78. The van der Waals surface area contributed by atoms with E-state index in [1.54, 1.807) is 12.1 Å². The lowest BCUT2D eigenvalue weighted by molar-refractivity contribution is -0.123. The maximum Gasteiger partial charge on any atom is 0.238 e. The van der Waals surface area contributed by atoms with Gasteiger partial charge in [0.05, 0.1) is 17.5 Å². The zero-order valence-electron chi connectivity index (χ0n) is 15.4. The molecule has 4 atom stereocenters. The van der Waals surface area contributed by atoms with E-state index in [-0.39, 0.29) is 35.5 Å². The predicted molar refractivity (Wildman–Crippen MR) is 103 cm³/mol. The van der Waals surface area contributed by atoms with Crippen LogP contribution < -0.4 is 9.64 Å². The Morgan fingerprint density at radius 2 is 1.52 bits per heavy atom. The molecule has 2 aromatic carbocycles. The van der Waals surface area contributed by atoms with Crippen molar-refractivity contribution in [3.05, 3.63) is 65.7 Å². The Morgan fingerprint density at radius 1 is 0.889 bits per heavy atom. The van der Waals surface area contributed by atoms with Crippen molar-refractivity contribution in [1.82, 2.24) is 0 Å². The monoisotopic (exact) mass is 359 g/mol. The molecular formula is C23H21NO3. The Labute approximate surface area is 158 Å². The van der Waals surface area contributed by atoms with E-state index in [1.807, 2.05) is 31.2 Å². The molecule has 5 rings (SSSR count). The van der Waals surface area contributed by atoms with Gasteiger partial charge in [-0.15, -0.1) is 0 Å². The standard InChI is InChI=1S/C23H21NO3/c1-13-4-3-5-19(14(13)2)27-18-10-8-17(9-11-18)24-22(25)20-15-6-7-16(12-15)21(20)23(24)26/h3-11,15-16,20-21H,12H2,1-2H3/t15-,16-,20-,21-/m0/s1. The number of aryl methyl sites for hydroxylation is 1. The third-order valence-corrected chi connectivity index (χ3v) is 6.35. The molecule has 2 amide bonds. The highest BCUT2D eigenvalue weighted by molar-refractivity contribution is 6.22. The smallest absolute Gasteiger partial charge is 0.238 e. The van der Waals surface area contributed by atoms with Crippen molar-refractivity contribution < 1.29 is 14.3 Å². The topological polar surface area (TPSA) is 46.6 Å². The number of hydrogen-bond acceptors (Lipinski definition) is 3.